The molecule has 0 aromatic heterocycles. The fourth-order valence-corrected chi connectivity index (χ4v) is 1.87. The van der Waals surface area contributed by atoms with E-state index in [1.807, 2.05) is 0 Å². The van der Waals surface area contributed by atoms with Crippen molar-refractivity contribution in [3.05, 3.63) is 35.4 Å². The molecule has 1 aromatic carbocycles. The Morgan fingerprint density at radius 3 is 2.39 bits per heavy atom. The number of nitrogens with zero attached hydrogens (tertiary/aromatic N) is 1. The fourth-order valence-electron chi connectivity index (χ4n) is 1.87. The predicted octanol–water partition coefficient (Wildman–Crippen LogP) is 1.87. The number of amides is 2. The molecule has 0 saturated heterocycles. The highest BCUT2D eigenvalue weighted by Gasteiger charge is 2.19. The van der Waals surface area contributed by atoms with Gasteiger partial charge in [-0.3, -0.25) is 4.79 Å². The smallest absolute Gasteiger partial charge is 0.335 e. The van der Waals surface area contributed by atoms with E-state index in [1.165, 1.54) is 17.0 Å². The summed E-state index contributed by atoms with van der Waals surface area (Å²) in [6.45, 7) is 4.08. The first-order chi connectivity index (χ1) is 10.8. The predicted molar refractivity (Wildman–Crippen MR) is 84.1 cm³/mol. The summed E-state index contributed by atoms with van der Waals surface area (Å²) in [4.78, 5) is 35.7. The molecule has 0 aliphatic heterocycles. The van der Waals surface area contributed by atoms with Crippen LogP contribution in [0.5, 0.6) is 0 Å². The van der Waals surface area contributed by atoms with E-state index in [2.05, 4.69) is 5.32 Å². The Hall–Kier alpha value is -2.57. The van der Waals surface area contributed by atoms with Gasteiger partial charge in [-0.1, -0.05) is 12.1 Å². The summed E-state index contributed by atoms with van der Waals surface area (Å²) in [5.41, 5.74) is 0.982. The molecule has 0 bridgehead atoms. The van der Waals surface area contributed by atoms with E-state index in [9.17, 15) is 14.4 Å². The highest BCUT2D eigenvalue weighted by atomic mass is 16.5. The molecule has 7 heteroatoms. The number of benzene rings is 1. The number of ether oxygens (including phenoxy) is 1. The molecule has 0 saturated carbocycles. The largest absolute Gasteiger partial charge is 0.478 e. The first-order valence-electron chi connectivity index (χ1n) is 7.33. The molecular weight excluding hydrogens is 300 g/mol. The van der Waals surface area contributed by atoms with Crippen LogP contribution in [0.25, 0.3) is 0 Å². The van der Waals surface area contributed by atoms with Crippen molar-refractivity contribution in [2.75, 3.05) is 13.7 Å². The van der Waals surface area contributed by atoms with Gasteiger partial charge in [0.05, 0.1) is 18.6 Å². The zero-order chi connectivity index (χ0) is 17.4. The Morgan fingerprint density at radius 1 is 1.26 bits per heavy atom. The summed E-state index contributed by atoms with van der Waals surface area (Å²) in [5.74, 6) is -1.34. The lowest BCUT2D eigenvalue weighted by Gasteiger charge is -2.24. The third-order valence-corrected chi connectivity index (χ3v) is 3.39. The molecule has 0 spiro atoms. The van der Waals surface area contributed by atoms with Gasteiger partial charge in [0, 0.05) is 19.6 Å². The van der Waals surface area contributed by atoms with Gasteiger partial charge in [0.25, 0.3) is 0 Å². The molecular formula is C16H22N2O5. The molecule has 0 radical (unpaired) electrons. The number of carbonyl (C=O) groups excluding carboxylic acids is 2. The summed E-state index contributed by atoms with van der Waals surface area (Å²) in [7, 11) is 1.60. The standard InChI is InChI=1S/C16H22N2O5/c1-4-23-14(19)9-11(2)18(3)16(22)17-10-12-5-7-13(8-6-12)15(20)21/h5-8,11H,4,9-10H2,1-3H3,(H,17,22)(H,20,21). The average molecular weight is 322 g/mol. The summed E-state index contributed by atoms with van der Waals surface area (Å²) >= 11 is 0. The van der Waals surface area contributed by atoms with Crippen LogP contribution >= 0.6 is 0 Å². The van der Waals surface area contributed by atoms with Gasteiger partial charge < -0.3 is 20.1 Å². The number of carboxylic acids is 1. The lowest BCUT2D eigenvalue weighted by molar-refractivity contribution is -0.144. The molecule has 23 heavy (non-hydrogen) atoms. The van der Waals surface area contributed by atoms with Crippen molar-refractivity contribution in [2.24, 2.45) is 0 Å². The highest BCUT2D eigenvalue weighted by Crippen LogP contribution is 2.06. The molecule has 0 aliphatic rings. The monoisotopic (exact) mass is 322 g/mol. The maximum Gasteiger partial charge on any atom is 0.335 e. The van der Waals surface area contributed by atoms with Crippen LogP contribution in [0.15, 0.2) is 24.3 Å². The average Bonchev–Trinajstić information content (AvgIpc) is 2.52. The molecule has 7 nitrogen and oxygen atoms in total. The van der Waals surface area contributed by atoms with Crippen molar-refractivity contribution < 1.29 is 24.2 Å². The summed E-state index contributed by atoms with van der Waals surface area (Å²) < 4.78 is 4.86. The summed E-state index contributed by atoms with van der Waals surface area (Å²) in [6.07, 6.45) is 0.130. The minimum absolute atomic E-state index is 0.130. The van der Waals surface area contributed by atoms with E-state index in [0.29, 0.717) is 6.61 Å². The van der Waals surface area contributed by atoms with Crippen LogP contribution in [0.2, 0.25) is 0 Å². The lowest BCUT2D eigenvalue weighted by Crippen LogP contribution is -2.43. The number of rotatable bonds is 7. The van der Waals surface area contributed by atoms with Crippen molar-refractivity contribution in [1.29, 1.82) is 0 Å². The van der Waals surface area contributed by atoms with Crippen molar-refractivity contribution in [3.63, 3.8) is 0 Å². The van der Waals surface area contributed by atoms with Gasteiger partial charge in [0.15, 0.2) is 0 Å². The van der Waals surface area contributed by atoms with E-state index < -0.39 is 5.97 Å². The molecule has 126 valence electrons. The van der Waals surface area contributed by atoms with Gasteiger partial charge in [0.1, 0.15) is 0 Å². The minimum atomic E-state index is -0.992. The van der Waals surface area contributed by atoms with Crippen LogP contribution in [0.3, 0.4) is 0 Å². The van der Waals surface area contributed by atoms with Crippen LogP contribution in [-0.2, 0) is 16.1 Å². The van der Waals surface area contributed by atoms with Crippen LogP contribution in [0, 0.1) is 0 Å². The maximum absolute atomic E-state index is 12.0. The highest BCUT2D eigenvalue weighted by molar-refractivity contribution is 5.87. The van der Waals surface area contributed by atoms with E-state index in [4.69, 9.17) is 9.84 Å². The second-order valence-electron chi connectivity index (χ2n) is 5.13. The molecule has 0 heterocycles. The summed E-state index contributed by atoms with van der Waals surface area (Å²) in [5, 5.41) is 11.5. The van der Waals surface area contributed by atoms with Gasteiger partial charge in [-0.05, 0) is 31.5 Å². The molecule has 0 fully saturated rings. The Kier molecular flexibility index (Phi) is 7.05. The van der Waals surface area contributed by atoms with Gasteiger partial charge >= 0.3 is 18.0 Å². The Balaban J connectivity index is 2.48. The molecule has 0 aliphatic carbocycles. The number of aromatic carboxylic acids is 1. The van der Waals surface area contributed by atoms with Gasteiger partial charge in [-0.2, -0.15) is 0 Å². The van der Waals surface area contributed by atoms with E-state index in [1.54, 1.807) is 33.0 Å². The van der Waals surface area contributed by atoms with Crippen molar-refractivity contribution in [2.45, 2.75) is 32.9 Å². The topological polar surface area (TPSA) is 95.9 Å². The SMILES string of the molecule is CCOC(=O)CC(C)N(C)C(=O)NCc1ccc(C(=O)O)cc1. The van der Waals surface area contributed by atoms with Crippen LogP contribution in [0.4, 0.5) is 4.79 Å². The third-order valence-electron chi connectivity index (χ3n) is 3.39. The lowest BCUT2D eigenvalue weighted by atomic mass is 10.1. The van der Waals surface area contributed by atoms with Crippen molar-refractivity contribution in [1.82, 2.24) is 10.2 Å². The summed E-state index contributed by atoms with van der Waals surface area (Å²) in [6, 6.07) is 5.65. The van der Waals surface area contributed by atoms with Gasteiger partial charge in [-0.25, -0.2) is 9.59 Å². The third kappa shape index (κ3) is 5.98. The van der Waals surface area contributed by atoms with Crippen molar-refractivity contribution >= 4 is 18.0 Å². The van der Waals surface area contributed by atoms with Gasteiger partial charge in [0.2, 0.25) is 0 Å². The first-order valence-corrected chi connectivity index (χ1v) is 7.33. The Bertz CT molecular complexity index is 556. The molecule has 1 atom stereocenters. The molecule has 2 amide bonds. The first kappa shape index (κ1) is 18.5. The zero-order valence-corrected chi connectivity index (χ0v) is 13.5. The van der Waals surface area contributed by atoms with E-state index >= 15 is 0 Å². The number of hydrogen-bond acceptors (Lipinski definition) is 4. The van der Waals surface area contributed by atoms with E-state index in [0.717, 1.165) is 5.56 Å². The number of carboxylic acid groups (broad SMARTS) is 1. The number of esters is 1. The molecule has 1 rings (SSSR count). The number of urea groups is 1. The molecule has 1 unspecified atom stereocenters. The molecule has 2 N–H and O–H groups in total. The molecule has 1 aromatic rings. The van der Waals surface area contributed by atoms with Crippen molar-refractivity contribution in [3.8, 4) is 0 Å². The second-order valence-corrected chi connectivity index (χ2v) is 5.13. The van der Waals surface area contributed by atoms with Crippen LogP contribution in [-0.4, -0.2) is 47.7 Å². The fraction of sp³-hybridized carbons (Fsp3) is 0.438. The number of hydrogen-bond donors (Lipinski definition) is 2. The number of carbonyl (C=O) groups is 3. The Labute approximate surface area is 135 Å². The minimum Gasteiger partial charge on any atom is -0.478 e. The Morgan fingerprint density at radius 2 is 1.87 bits per heavy atom. The quantitative estimate of drug-likeness (QED) is 0.747. The number of nitrogens with one attached hydrogen (secondary N) is 1. The van der Waals surface area contributed by atoms with Crippen LogP contribution in [0.1, 0.15) is 36.2 Å². The normalized spacial score (nSPS) is 11.4. The van der Waals surface area contributed by atoms with Crippen LogP contribution < -0.4 is 5.32 Å². The zero-order valence-electron chi connectivity index (χ0n) is 13.5. The maximum atomic E-state index is 12.0. The van der Waals surface area contributed by atoms with E-state index in [-0.39, 0.29) is 36.6 Å². The van der Waals surface area contributed by atoms with Gasteiger partial charge in [-0.15, -0.1) is 0 Å². The second kappa shape index (κ2) is 8.77.